The van der Waals surface area contributed by atoms with Crippen molar-refractivity contribution >= 4 is 15.9 Å². The summed E-state index contributed by atoms with van der Waals surface area (Å²) >= 11 is 3.24. The van der Waals surface area contributed by atoms with Crippen LogP contribution in [0.2, 0.25) is 0 Å². The Kier molecular flexibility index (Phi) is 3.52. The monoisotopic (exact) mass is 292 g/mol. The second-order valence-electron chi connectivity index (χ2n) is 3.38. The smallest absolute Gasteiger partial charge is 0.140 e. The second kappa shape index (κ2) is 5.08. The zero-order valence-electron chi connectivity index (χ0n) is 8.79. The maximum absolute atomic E-state index is 10.1. The average molecular weight is 293 g/mol. The molecule has 0 saturated carbocycles. The topological polar surface area (TPSA) is 74.7 Å². The Morgan fingerprint density at radius 2 is 2.24 bits per heavy atom. The van der Waals surface area contributed by atoms with Crippen molar-refractivity contribution in [3.8, 4) is 6.07 Å². The lowest BCUT2D eigenvalue weighted by Crippen LogP contribution is -2.05. The molecule has 86 valence electrons. The van der Waals surface area contributed by atoms with Crippen molar-refractivity contribution < 1.29 is 5.11 Å². The third-order valence-electron chi connectivity index (χ3n) is 2.19. The predicted octanol–water partition coefficient (Wildman–Crippen LogP) is 1.65. The zero-order valence-corrected chi connectivity index (χ0v) is 10.4. The molecule has 2 aromatic rings. The van der Waals surface area contributed by atoms with Gasteiger partial charge in [0.1, 0.15) is 17.3 Å². The highest BCUT2D eigenvalue weighted by Crippen LogP contribution is 2.19. The van der Waals surface area contributed by atoms with Crippen LogP contribution in [-0.4, -0.2) is 19.9 Å². The van der Waals surface area contributed by atoms with Crippen molar-refractivity contribution in [1.82, 2.24) is 14.8 Å². The standard InChI is InChI=1S/C11H9BrN4O/c12-10-3-1-2-8(14-10)11(17)9-4-6-16(15-9)7-5-13/h1-4,6,11,17H,7H2. The van der Waals surface area contributed by atoms with Crippen molar-refractivity contribution in [2.24, 2.45) is 0 Å². The van der Waals surface area contributed by atoms with E-state index in [1.54, 1.807) is 30.5 Å². The van der Waals surface area contributed by atoms with Gasteiger partial charge in [-0.2, -0.15) is 10.4 Å². The molecule has 0 aliphatic heterocycles. The van der Waals surface area contributed by atoms with Gasteiger partial charge in [-0.05, 0) is 34.1 Å². The lowest BCUT2D eigenvalue weighted by molar-refractivity contribution is 0.209. The van der Waals surface area contributed by atoms with Gasteiger partial charge in [0.15, 0.2) is 0 Å². The van der Waals surface area contributed by atoms with Crippen LogP contribution in [0.1, 0.15) is 17.5 Å². The van der Waals surface area contributed by atoms with E-state index in [0.29, 0.717) is 16.0 Å². The van der Waals surface area contributed by atoms with Crippen LogP contribution < -0.4 is 0 Å². The Hall–Kier alpha value is -1.71. The van der Waals surface area contributed by atoms with E-state index in [-0.39, 0.29) is 6.54 Å². The van der Waals surface area contributed by atoms with Crippen molar-refractivity contribution in [1.29, 1.82) is 5.26 Å². The van der Waals surface area contributed by atoms with Crippen molar-refractivity contribution in [3.05, 3.63) is 46.5 Å². The van der Waals surface area contributed by atoms with E-state index >= 15 is 0 Å². The summed E-state index contributed by atoms with van der Waals surface area (Å²) in [5.41, 5.74) is 0.993. The third-order valence-corrected chi connectivity index (χ3v) is 2.63. The van der Waals surface area contributed by atoms with E-state index in [9.17, 15) is 5.11 Å². The summed E-state index contributed by atoms with van der Waals surface area (Å²) in [7, 11) is 0. The fourth-order valence-electron chi connectivity index (χ4n) is 1.41. The Bertz CT molecular complexity index is 561. The van der Waals surface area contributed by atoms with Gasteiger partial charge < -0.3 is 5.11 Å². The number of halogens is 1. The van der Waals surface area contributed by atoms with E-state index in [1.165, 1.54) is 4.68 Å². The summed E-state index contributed by atoms with van der Waals surface area (Å²) in [6.07, 6.45) is 0.771. The fraction of sp³-hybridized carbons (Fsp3) is 0.182. The lowest BCUT2D eigenvalue weighted by Gasteiger charge is -2.07. The summed E-state index contributed by atoms with van der Waals surface area (Å²) in [5.74, 6) is 0. The Balaban J connectivity index is 2.24. The Morgan fingerprint density at radius 1 is 1.41 bits per heavy atom. The quantitative estimate of drug-likeness (QED) is 0.873. The van der Waals surface area contributed by atoms with Gasteiger partial charge >= 0.3 is 0 Å². The van der Waals surface area contributed by atoms with Crippen LogP contribution in [0.5, 0.6) is 0 Å². The summed E-state index contributed by atoms with van der Waals surface area (Å²) in [6, 6.07) is 8.95. The van der Waals surface area contributed by atoms with Crippen LogP contribution >= 0.6 is 15.9 Å². The van der Waals surface area contributed by atoms with Gasteiger partial charge in [0.25, 0.3) is 0 Å². The number of aliphatic hydroxyl groups is 1. The normalized spacial score (nSPS) is 12.1. The first kappa shape index (κ1) is 11.8. The van der Waals surface area contributed by atoms with E-state index in [1.807, 2.05) is 6.07 Å². The molecule has 0 saturated heterocycles. The van der Waals surface area contributed by atoms with Gasteiger partial charge in [-0.15, -0.1) is 0 Å². The van der Waals surface area contributed by atoms with E-state index < -0.39 is 6.10 Å². The molecule has 0 fully saturated rings. The molecule has 0 spiro atoms. The van der Waals surface area contributed by atoms with Crippen LogP contribution in [0.15, 0.2) is 35.1 Å². The molecule has 0 radical (unpaired) electrons. The molecule has 0 amide bonds. The highest BCUT2D eigenvalue weighted by atomic mass is 79.9. The SMILES string of the molecule is N#CCn1ccc(C(O)c2cccc(Br)n2)n1. The molecule has 5 nitrogen and oxygen atoms in total. The molecule has 2 rings (SSSR count). The minimum atomic E-state index is -0.882. The Labute approximate surface area is 106 Å². The van der Waals surface area contributed by atoms with Gasteiger partial charge in [-0.3, -0.25) is 4.68 Å². The molecule has 1 atom stereocenters. The van der Waals surface area contributed by atoms with E-state index in [0.717, 1.165) is 0 Å². The highest BCUT2D eigenvalue weighted by molar-refractivity contribution is 9.10. The minimum absolute atomic E-state index is 0.165. The molecular weight excluding hydrogens is 284 g/mol. The molecule has 0 aromatic carbocycles. The molecule has 0 aliphatic carbocycles. The van der Waals surface area contributed by atoms with Gasteiger partial charge in [-0.1, -0.05) is 6.07 Å². The number of aliphatic hydroxyl groups excluding tert-OH is 1. The van der Waals surface area contributed by atoms with Gasteiger partial charge in [0.05, 0.1) is 17.5 Å². The largest absolute Gasteiger partial charge is 0.380 e. The molecule has 0 bridgehead atoms. The average Bonchev–Trinajstić information content (AvgIpc) is 2.77. The second-order valence-corrected chi connectivity index (χ2v) is 4.20. The maximum atomic E-state index is 10.1. The van der Waals surface area contributed by atoms with Crippen molar-refractivity contribution in [2.45, 2.75) is 12.6 Å². The Morgan fingerprint density at radius 3 is 2.94 bits per heavy atom. The molecule has 1 unspecified atom stereocenters. The van der Waals surface area contributed by atoms with Gasteiger partial charge in [0.2, 0.25) is 0 Å². The summed E-state index contributed by atoms with van der Waals surface area (Å²) in [6.45, 7) is 0.165. The van der Waals surface area contributed by atoms with Crippen LogP contribution in [0.4, 0.5) is 0 Å². The molecule has 2 aromatic heterocycles. The van der Waals surface area contributed by atoms with E-state index in [2.05, 4.69) is 26.0 Å². The lowest BCUT2D eigenvalue weighted by atomic mass is 10.2. The molecule has 0 aliphatic rings. The predicted molar refractivity (Wildman–Crippen MR) is 63.8 cm³/mol. The zero-order chi connectivity index (χ0) is 12.3. The molecule has 6 heteroatoms. The van der Waals surface area contributed by atoms with Crippen LogP contribution in [0, 0.1) is 11.3 Å². The van der Waals surface area contributed by atoms with E-state index in [4.69, 9.17) is 5.26 Å². The van der Waals surface area contributed by atoms with Gasteiger partial charge in [0, 0.05) is 6.20 Å². The highest BCUT2D eigenvalue weighted by Gasteiger charge is 2.14. The first-order valence-electron chi connectivity index (χ1n) is 4.91. The summed E-state index contributed by atoms with van der Waals surface area (Å²) in [5, 5.41) is 22.7. The minimum Gasteiger partial charge on any atom is -0.380 e. The van der Waals surface area contributed by atoms with Crippen molar-refractivity contribution in [2.75, 3.05) is 0 Å². The first-order valence-corrected chi connectivity index (χ1v) is 5.71. The first-order chi connectivity index (χ1) is 8.20. The summed E-state index contributed by atoms with van der Waals surface area (Å²) in [4.78, 5) is 4.16. The van der Waals surface area contributed by atoms with Crippen molar-refractivity contribution in [3.63, 3.8) is 0 Å². The number of rotatable bonds is 3. The number of aromatic nitrogens is 3. The number of nitrogens with zero attached hydrogens (tertiary/aromatic N) is 4. The van der Waals surface area contributed by atoms with Gasteiger partial charge in [-0.25, -0.2) is 4.98 Å². The molecule has 1 N–H and O–H groups in total. The fourth-order valence-corrected chi connectivity index (χ4v) is 1.77. The maximum Gasteiger partial charge on any atom is 0.140 e. The molecule has 2 heterocycles. The van der Waals surface area contributed by atoms with Crippen LogP contribution in [0.25, 0.3) is 0 Å². The number of hydrogen-bond acceptors (Lipinski definition) is 4. The summed E-state index contributed by atoms with van der Waals surface area (Å²) < 4.78 is 2.13. The number of pyridine rings is 1. The van der Waals surface area contributed by atoms with Crippen LogP contribution in [0.3, 0.4) is 0 Å². The van der Waals surface area contributed by atoms with Crippen LogP contribution in [-0.2, 0) is 6.54 Å². The molecule has 17 heavy (non-hydrogen) atoms. The number of nitriles is 1. The molecular formula is C11H9BrN4O. The third kappa shape index (κ3) is 2.70. The number of hydrogen-bond donors (Lipinski definition) is 1.